The predicted molar refractivity (Wildman–Crippen MR) is 135 cm³/mol. The standard InChI is InChI=1S/C26H21FN6OS/c1-16-17(2)28-25-31-23(18-9-4-3-5-10-18)32-33(25)24(16)35-22-14-7-6-13-21(22)30-26(34)29-20-12-8-11-19(27)15-20/h3-15H,1-2H3,(H2,29,30,34). The van der Waals surface area contributed by atoms with Crippen LogP contribution in [-0.4, -0.2) is 25.6 Å². The summed E-state index contributed by atoms with van der Waals surface area (Å²) in [4.78, 5) is 22.7. The Hall–Kier alpha value is -4.24. The summed E-state index contributed by atoms with van der Waals surface area (Å²) in [6.45, 7) is 3.92. The van der Waals surface area contributed by atoms with Crippen LogP contribution in [0, 0.1) is 19.7 Å². The largest absolute Gasteiger partial charge is 0.323 e. The van der Waals surface area contributed by atoms with Gasteiger partial charge in [-0.05, 0) is 44.2 Å². The van der Waals surface area contributed by atoms with Crippen LogP contribution in [0.25, 0.3) is 17.2 Å². The van der Waals surface area contributed by atoms with E-state index in [9.17, 15) is 9.18 Å². The van der Waals surface area contributed by atoms with Crippen LogP contribution in [0.4, 0.5) is 20.6 Å². The van der Waals surface area contributed by atoms with Gasteiger partial charge < -0.3 is 10.6 Å². The van der Waals surface area contributed by atoms with Gasteiger partial charge in [-0.15, -0.1) is 5.10 Å². The van der Waals surface area contributed by atoms with E-state index >= 15 is 0 Å². The Morgan fingerprint density at radius 1 is 0.914 bits per heavy atom. The van der Waals surface area contributed by atoms with Crippen LogP contribution in [0.1, 0.15) is 11.3 Å². The number of aromatic nitrogens is 4. The minimum atomic E-state index is -0.469. The zero-order valence-electron chi connectivity index (χ0n) is 19.0. The van der Waals surface area contributed by atoms with Crippen molar-refractivity contribution in [2.24, 2.45) is 0 Å². The third-order valence-electron chi connectivity index (χ3n) is 5.37. The molecule has 2 aromatic heterocycles. The van der Waals surface area contributed by atoms with Gasteiger partial charge in [-0.1, -0.05) is 60.3 Å². The van der Waals surface area contributed by atoms with Gasteiger partial charge in [0.1, 0.15) is 10.8 Å². The highest BCUT2D eigenvalue weighted by Gasteiger charge is 2.18. The highest BCUT2D eigenvalue weighted by atomic mass is 32.2. The summed E-state index contributed by atoms with van der Waals surface area (Å²) >= 11 is 1.46. The van der Waals surface area contributed by atoms with Crippen molar-refractivity contribution >= 4 is 34.9 Å². The number of aryl methyl sites for hydroxylation is 1. The maximum Gasteiger partial charge on any atom is 0.323 e. The Balaban J connectivity index is 1.47. The Bertz CT molecular complexity index is 1540. The van der Waals surface area contributed by atoms with Crippen LogP contribution in [0.15, 0.2) is 88.8 Å². The van der Waals surface area contributed by atoms with Gasteiger partial charge in [0.25, 0.3) is 5.78 Å². The average molecular weight is 485 g/mol. The van der Waals surface area contributed by atoms with E-state index < -0.39 is 11.8 Å². The number of halogens is 1. The van der Waals surface area contributed by atoms with Crippen LogP contribution < -0.4 is 10.6 Å². The SMILES string of the molecule is Cc1nc2nc(-c3ccccc3)nn2c(Sc2ccccc2NC(=O)Nc2cccc(F)c2)c1C. The average Bonchev–Trinajstić information content (AvgIpc) is 3.27. The molecule has 2 heterocycles. The molecule has 0 saturated carbocycles. The van der Waals surface area contributed by atoms with Crippen LogP contribution in [0.5, 0.6) is 0 Å². The minimum absolute atomic E-state index is 0.367. The highest BCUT2D eigenvalue weighted by molar-refractivity contribution is 7.99. The summed E-state index contributed by atoms with van der Waals surface area (Å²) in [5.41, 5.74) is 3.69. The number of nitrogens with one attached hydrogen (secondary N) is 2. The second-order valence-corrected chi connectivity index (χ2v) is 8.86. The number of hydrogen-bond acceptors (Lipinski definition) is 5. The topological polar surface area (TPSA) is 84.2 Å². The molecule has 174 valence electrons. The summed E-state index contributed by atoms with van der Waals surface area (Å²) in [5.74, 6) is 0.670. The normalized spacial score (nSPS) is 10.9. The van der Waals surface area contributed by atoms with Crippen molar-refractivity contribution in [3.8, 4) is 11.4 Å². The van der Waals surface area contributed by atoms with E-state index in [1.807, 2.05) is 68.4 Å². The van der Waals surface area contributed by atoms with Crippen molar-refractivity contribution in [1.29, 1.82) is 0 Å². The van der Waals surface area contributed by atoms with Crippen molar-refractivity contribution in [2.45, 2.75) is 23.8 Å². The van der Waals surface area contributed by atoms with E-state index in [0.717, 1.165) is 26.7 Å². The third kappa shape index (κ3) is 4.85. The number of benzene rings is 3. The van der Waals surface area contributed by atoms with Gasteiger partial charge in [0, 0.05) is 27.4 Å². The Kier molecular flexibility index (Phi) is 6.15. The van der Waals surface area contributed by atoms with Crippen molar-refractivity contribution in [1.82, 2.24) is 19.6 Å². The first-order chi connectivity index (χ1) is 17.0. The molecule has 5 rings (SSSR count). The molecule has 0 spiro atoms. The maximum atomic E-state index is 13.5. The Morgan fingerprint density at radius 2 is 1.69 bits per heavy atom. The molecule has 0 aliphatic heterocycles. The zero-order valence-corrected chi connectivity index (χ0v) is 19.8. The molecule has 9 heteroatoms. The van der Waals surface area contributed by atoms with Crippen LogP contribution in [-0.2, 0) is 0 Å². The minimum Gasteiger partial charge on any atom is -0.308 e. The van der Waals surface area contributed by atoms with Gasteiger partial charge in [0.05, 0.1) is 5.69 Å². The van der Waals surface area contributed by atoms with Gasteiger partial charge >= 0.3 is 6.03 Å². The first-order valence-electron chi connectivity index (χ1n) is 10.9. The van der Waals surface area contributed by atoms with E-state index in [-0.39, 0.29) is 0 Å². The van der Waals surface area contributed by atoms with E-state index in [0.29, 0.717) is 23.0 Å². The number of carbonyl (C=O) groups is 1. The summed E-state index contributed by atoms with van der Waals surface area (Å²) in [6, 6.07) is 22.5. The second-order valence-electron chi connectivity index (χ2n) is 7.83. The van der Waals surface area contributed by atoms with Crippen LogP contribution in [0.3, 0.4) is 0 Å². The van der Waals surface area contributed by atoms with Crippen LogP contribution in [0.2, 0.25) is 0 Å². The molecule has 0 saturated heterocycles. The predicted octanol–water partition coefficient (Wildman–Crippen LogP) is 6.34. The second kappa shape index (κ2) is 9.55. The lowest BCUT2D eigenvalue weighted by molar-refractivity contribution is 0.262. The number of carbonyl (C=O) groups excluding carboxylic acids is 1. The molecule has 0 aliphatic rings. The van der Waals surface area contributed by atoms with Gasteiger partial charge in [-0.3, -0.25) is 0 Å². The number of rotatable bonds is 5. The molecular weight excluding hydrogens is 463 g/mol. The number of amides is 2. The number of hydrogen-bond donors (Lipinski definition) is 2. The number of urea groups is 1. The maximum absolute atomic E-state index is 13.5. The number of para-hydroxylation sites is 1. The fraction of sp³-hybridized carbons (Fsp3) is 0.0769. The Labute approximate surface area is 205 Å². The lowest BCUT2D eigenvalue weighted by Crippen LogP contribution is -2.19. The molecule has 5 aromatic rings. The first kappa shape index (κ1) is 22.5. The molecule has 0 bridgehead atoms. The molecule has 3 aromatic carbocycles. The quantitative estimate of drug-likeness (QED) is 0.284. The molecule has 0 atom stereocenters. The number of anilines is 2. The lowest BCUT2D eigenvalue weighted by Gasteiger charge is -2.14. The molecule has 0 radical (unpaired) electrons. The number of nitrogens with zero attached hydrogens (tertiary/aromatic N) is 4. The summed E-state index contributed by atoms with van der Waals surface area (Å²) in [5, 5.41) is 11.1. The Morgan fingerprint density at radius 3 is 2.49 bits per heavy atom. The summed E-state index contributed by atoms with van der Waals surface area (Å²) in [6.07, 6.45) is 0. The first-order valence-corrected chi connectivity index (χ1v) is 11.7. The molecule has 0 fully saturated rings. The molecule has 35 heavy (non-hydrogen) atoms. The molecule has 2 N–H and O–H groups in total. The molecule has 7 nitrogen and oxygen atoms in total. The van der Waals surface area contributed by atoms with Crippen molar-refractivity contribution in [3.63, 3.8) is 0 Å². The van der Waals surface area contributed by atoms with E-state index in [1.165, 1.54) is 30.0 Å². The number of fused-ring (bicyclic) bond motifs is 1. The lowest BCUT2D eigenvalue weighted by atomic mass is 10.2. The van der Waals surface area contributed by atoms with Crippen molar-refractivity contribution in [3.05, 3.63) is 95.9 Å². The van der Waals surface area contributed by atoms with Gasteiger partial charge in [-0.2, -0.15) is 9.50 Å². The molecule has 0 aliphatic carbocycles. The fourth-order valence-electron chi connectivity index (χ4n) is 3.50. The summed E-state index contributed by atoms with van der Waals surface area (Å²) < 4.78 is 15.2. The van der Waals surface area contributed by atoms with Gasteiger partial charge in [0.2, 0.25) is 0 Å². The van der Waals surface area contributed by atoms with Crippen molar-refractivity contribution in [2.75, 3.05) is 10.6 Å². The monoisotopic (exact) mass is 484 g/mol. The molecule has 0 unspecified atom stereocenters. The van der Waals surface area contributed by atoms with E-state index in [2.05, 4.69) is 20.6 Å². The molecule has 2 amide bonds. The van der Waals surface area contributed by atoms with Crippen LogP contribution >= 0.6 is 11.8 Å². The zero-order chi connectivity index (χ0) is 24.4. The smallest absolute Gasteiger partial charge is 0.308 e. The van der Waals surface area contributed by atoms with Gasteiger partial charge in [0.15, 0.2) is 5.82 Å². The third-order valence-corrected chi connectivity index (χ3v) is 6.62. The van der Waals surface area contributed by atoms with E-state index in [4.69, 9.17) is 5.10 Å². The van der Waals surface area contributed by atoms with Gasteiger partial charge in [-0.25, -0.2) is 14.2 Å². The fourth-order valence-corrected chi connectivity index (χ4v) is 4.60. The highest BCUT2D eigenvalue weighted by Crippen LogP contribution is 2.36. The van der Waals surface area contributed by atoms with E-state index in [1.54, 1.807) is 10.6 Å². The van der Waals surface area contributed by atoms with Crippen molar-refractivity contribution < 1.29 is 9.18 Å². The summed E-state index contributed by atoms with van der Waals surface area (Å²) in [7, 11) is 0. The molecular formula is C26H21FN6OS.